The SMILES string of the molecule is CCNc1cc2c(cn1)c(C1C=CN(CC3CCOCC3)N1)nn2[C@H]1CC[C@@H](Oc2ccc(=O)n(C)n2)CC1. The third-order valence-electron chi connectivity index (χ3n) is 8.05. The highest BCUT2D eigenvalue weighted by Gasteiger charge is 2.30. The van der Waals surface area contributed by atoms with Gasteiger partial charge < -0.3 is 19.8 Å². The van der Waals surface area contributed by atoms with E-state index in [-0.39, 0.29) is 23.7 Å². The molecule has 1 saturated heterocycles. The molecule has 2 fully saturated rings. The van der Waals surface area contributed by atoms with Crippen molar-refractivity contribution in [3.8, 4) is 5.88 Å². The number of pyridine rings is 1. The molecule has 1 unspecified atom stereocenters. The number of nitrogens with zero attached hydrogens (tertiary/aromatic N) is 6. The minimum atomic E-state index is -0.142. The Morgan fingerprint density at radius 2 is 1.95 bits per heavy atom. The van der Waals surface area contributed by atoms with E-state index in [2.05, 4.69) is 55.8 Å². The predicted molar refractivity (Wildman–Crippen MR) is 148 cm³/mol. The lowest BCUT2D eigenvalue weighted by atomic mass is 9.93. The van der Waals surface area contributed by atoms with Gasteiger partial charge in [0, 0.05) is 69.3 Å². The number of hydrogen-bond donors (Lipinski definition) is 2. The molecule has 0 bridgehead atoms. The topological polar surface area (TPSA) is 111 Å². The first-order valence-electron chi connectivity index (χ1n) is 14.2. The molecule has 2 N–H and O–H groups in total. The normalized spacial score (nSPS) is 23.9. The third-order valence-corrected chi connectivity index (χ3v) is 8.05. The number of hydrazine groups is 1. The van der Waals surface area contributed by atoms with E-state index in [1.807, 2.05) is 6.20 Å². The Kier molecular flexibility index (Phi) is 7.51. The number of rotatable bonds is 8. The van der Waals surface area contributed by atoms with E-state index in [1.165, 1.54) is 10.7 Å². The Morgan fingerprint density at radius 3 is 2.72 bits per heavy atom. The first-order chi connectivity index (χ1) is 19.1. The molecule has 3 aliphatic rings. The quantitative estimate of drug-likeness (QED) is 0.450. The van der Waals surface area contributed by atoms with Gasteiger partial charge in [-0.1, -0.05) is 0 Å². The van der Waals surface area contributed by atoms with E-state index in [4.69, 9.17) is 14.6 Å². The summed E-state index contributed by atoms with van der Waals surface area (Å²) in [6, 6.07) is 5.57. The zero-order valence-electron chi connectivity index (χ0n) is 22.8. The maximum Gasteiger partial charge on any atom is 0.266 e. The maximum atomic E-state index is 11.7. The van der Waals surface area contributed by atoms with Crippen LogP contribution in [0.2, 0.25) is 0 Å². The molecule has 1 atom stereocenters. The molecule has 11 nitrogen and oxygen atoms in total. The van der Waals surface area contributed by atoms with E-state index in [0.29, 0.717) is 11.8 Å². The van der Waals surface area contributed by atoms with Crippen LogP contribution >= 0.6 is 0 Å². The molecule has 2 aliphatic heterocycles. The molecule has 0 amide bonds. The summed E-state index contributed by atoms with van der Waals surface area (Å²) in [6.45, 7) is 5.58. The third kappa shape index (κ3) is 5.65. The Bertz CT molecular complexity index is 1370. The van der Waals surface area contributed by atoms with Crippen LogP contribution in [0.25, 0.3) is 10.9 Å². The Hall–Kier alpha value is -3.44. The van der Waals surface area contributed by atoms with Crippen molar-refractivity contribution in [3.63, 3.8) is 0 Å². The fourth-order valence-corrected chi connectivity index (χ4v) is 5.89. The van der Waals surface area contributed by atoms with Crippen LogP contribution in [0, 0.1) is 5.92 Å². The predicted octanol–water partition coefficient (Wildman–Crippen LogP) is 3.32. The molecule has 39 heavy (non-hydrogen) atoms. The zero-order valence-corrected chi connectivity index (χ0v) is 22.8. The monoisotopic (exact) mass is 534 g/mol. The van der Waals surface area contributed by atoms with Crippen LogP contribution < -0.4 is 21.0 Å². The fraction of sp³-hybridized carbons (Fsp3) is 0.571. The summed E-state index contributed by atoms with van der Waals surface area (Å²) < 4.78 is 15.2. The highest BCUT2D eigenvalue weighted by molar-refractivity contribution is 5.84. The summed E-state index contributed by atoms with van der Waals surface area (Å²) in [4.78, 5) is 16.3. The summed E-state index contributed by atoms with van der Waals surface area (Å²) in [5.41, 5.74) is 5.64. The number of ether oxygens (including phenoxy) is 2. The van der Waals surface area contributed by atoms with Crippen molar-refractivity contribution >= 4 is 16.7 Å². The van der Waals surface area contributed by atoms with E-state index < -0.39 is 0 Å². The van der Waals surface area contributed by atoms with Crippen LogP contribution in [-0.2, 0) is 11.8 Å². The van der Waals surface area contributed by atoms with Gasteiger partial charge in [0.2, 0.25) is 5.88 Å². The van der Waals surface area contributed by atoms with Gasteiger partial charge in [-0.3, -0.25) is 9.48 Å². The van der Waals surface area contributed by atoms with Crippen LogP contribution in [0.1, 0.15) is 63.2 Å². The summed E-state index contributed by atoms with van der Waals surface area (Å²) >= 11 is 0. The molecule has 0 radical (unpaired) electrons. The molecule has 208 valence electrons. The van der Waals surface area contributed by atoms with E-state index in [1.54, 1.807) is 13.1 Å². The average molecular weight is 535 g/mol. The minimum absolute atomic E-state index is 0.0100. The highest BCUT2D eigenvalue weighted by atomic mass is 16.5. The van der Waals surface area contributed by atoms with Crippen LogP contribution in [0.4, 0.5) is 5.82 Å². The smallest absolute Gasteiger partial charge is 0.266 e. The van der Waals surface area contributed by atoms with Crippen molar-refractivity contribution < 1.29 is 9.47 Å². The summed E-state index contributed by atoms with van der Waals surface area (Å²) in [7, 11) is 1.64. The van der Waals surface area contributed by atoms with Crippen LogP contribution in [-0.4, -0.2) is 62.0 Å². The molecule has 11 heteroatoms. The molecule has 0 spiro atoms. The van der Waals surface area contributed by atoms with Gasteiger partial charge in [0.15, 0.2) is 0 Å². The van der Waals surface area contributed by atoms with Crippen molar-refractivity contribution in [1.29, 1.82) is 0 Å². The Labute approximate surface area is 228 Å². The lowest BCUT2D eigenvalue weighted by Gasteiger charge is -2.29. The Morgan fingerprint density at radius 1 is 1.13 bits per heavy atom. The van der Waals surface area contributed by atoms with Gasteiger partial charge in [-0.2, -0.15) is 5.10 Å². The van der Waals surface area contributed by atoms with Crippen molar-refractivity contribution in [2.24, 2.45) is 13.0 Å². The van der Waals surface area contributed by atoms with Crippen molar-refractivity contribution in [2.75, 3.05) is 31.6 Å². The van der Waals surface area contributed by atoms with Crippen LogP contribution in [0.5, 0.6) is 5.88 Å². The average Bonchev–Trinajstić information content (AvgIpc) is 3.56. The summed E-state index contributed by atoms with van der Waals surface area (Å²) in [6.07, 6.45) is 12.3. The molecule has 1 saturated carbocycles. The number of nitrogens with one attached hydrogen (secondary N) is 2. The van der Waals surface area contributed by atoms with Crippen molar-refractivity contribution in [2.45, 2.75) is 63.6 Å². The van der Waals surface area contributed by atoms with Gasteiger partial charge in [-0.25, -0.2) is 15.1 Å². The van der Waals surface area contributed by atoms with Crippen molar-refractivity contribution in [3.05, 3.63) is 52.7 Å². The van der Waals surface area contributed by atoms with Gasteiger partial charge >= 0.3 is 0 Å². The number of fused-ring (bicyclic) bond motifs is 1. The van der Waals surface area contributed by atoms with Gasteiger partial charge in [-0.05, 0) is 57.4 Å². The summed E-state index contributed by atoms with van der Waals surface area (Å²) in [5.74, 6) is 2.01. The molecule has 1 aliphatic carbocycles. The van der Waals surface area contributed by atoms with Crippen molar-refractivity contribution in [1.82, 2.24) is 35.0 Å². The van der Waals surface area contributed by atoms with Gasteiger partial charge in [0.25, 0.3) is 5.56 Å². The Balaban J connectivity index is 1.18. The first-order valence-corrected chi connectivity index (χ1v) is 14.2. The summed E-state index contributed by atoms with van der Waals surface area (Å²) in [5, 5.41) is 16.1. The van der Waals surface area contributed by atoms with E-state index in [0.717, 1.165) is 87.2 Å². The molecule has 3 aromatic heterocycles. The largest absolute Gasteiger partial charge is 0.473 e. The van der Waals surface area contributed by atoms with E-state index in [9.17, 15) is 4.79 Å². The number of aryl methyl sites for hydroxylation is 1. The highest BCUT2D eigenvalue weighted by Crippen LogP contribution is 2.36. The first kappa shape index (κ1) is 25.8. The second-order valence-electron chi connectivity index (χ2n) is 10.8. The molecular weight excluding hydrogens is 496 g/mol. The lowest BCUT2D eigenvalue weighted by molar-refractivity contribution is 0.0530. The van der Waals surface area contributed by atoms with Gasteiger partial charge in [0.05, 0.1) is 23.3 Å². The van der Waals surface area contributed by atoms with Gasteiger partial charge in [0.1, 0.15) is 11.9 Å². The maximum absolute atomic E-state index is 11.7. The second-order valence-corrected chi connectivity index (χ2v) is 10.8. The fourth-order valence-electron chi connectivity index (χ4n) is 5.89. The van der Waals surface area contributed by atoms with Crippen LogP contribution in [0.15, 0.2) is 41.5 Å². The molecule has 0 aromatic carbocycles. The second kappa shape index (κ2) is 11.4. The van der Waals surface area contributed by atoms with Crippen LogP contribution in [0.3, 0.4) is 0 Å². The minimum Gasteiger partial charge on any atom is -0.473 e. The lowest BCUT2D eigenvalue weighted by Crippen LogP contribution is -2.36. The van der Waals surface area contributed by atoms with Gasteiger partial charge in [-0.15, -0.1) is 5.10 Å². The van der Waals surface area contributed by atoms with E-state index >= 15 is 0 Å². The number of anilines is 1. The molecular formula is C28H38N8O3. The molecule has 5 heterocycles. The zero-order chi connectivity index (χ0) is 26.8. The molecule has 3 aromatic rings. The number of hydrogen-bond acceptors (Lipinski definition) is 9. The molecule has 6 rings (SSSR count). The standard InChI is InChI=1S/C28H38N8O3/c1-3-29-25-16-24-22(17-30-25)28(23-10-13-35(31-23)18-19-11-14-38-15-12-19)33-36(24)20-4-6-21(7-5-20)39-26-8-9-27(37)34(2)32-26/h8-10,13,16-17,19-21,23,31H,3-7,11-12,14-15,18H2,1-2H3,(H,29,30)/t20-,21+,23?. The number of aromatic nitrogens is 5.